The second-order valence-electron chi connectivity index (χ2n) is 5.86. The highest BCUT2D eigenvalue weighted by molar-refractivity contribution is 7.17. The van der Waals surface area contributed by atoms with Gasteiger partial charge in [0.1, 0.15) is 11.6 Å². The van der Waals surface area contributed by atoms with Crippen LogP contribution in [0.1, 0.15) is 12.0 Å². The maximum absolute atomic E-state index is 13.2. The highest BCUT2D eigenvalue weighted by Crippen LogP contribution is 2.32. The van der Waals surface area contributed by atoms with Gasteiger partial charge >= 0.3 is 6.03 Å². The molecule has 2 amide bonds. The summed E-state index contributed by atoms with van der Waals surface area (Å²) < 4.78 is 18.8. The first-order valence-corrected chi connectivity index (χ1v) is 9.06. The maximum atomic E-state index is 13.2. The molecule has 0 saturated carbocycles. The van der Waals surface area contributed by atoms with Gasteiger partial charge in [-0.2, -0.15) is 0 Å². The minimum absolute atomic E-state index is 0.219. The summed E-state index contributed by atoms with van der Waals surface area (Å²) in [5, 5.41) is 3.72. The Kier molecular flexibility index (Phi) is 4.53. The van der Waals surface area contributed by atoms with Crippen molar-refractivity contribution in [1.82, 2.24) is 4.98 Å². The Morgan fingerprint density at radius 3 is 3.00 bits per heavy atom. The van der Waals surface area contributed by atoms with Crippen molar-refractivity contribution in [3.8, 4) is 10.8 Å². The Hall–Kier alpha value is -2.93. The molecule has 0 radical (unpaired) electrons. The first kappa shape index (κ1) is 16.5. The monoisotopic (exact) mass is 369 g/mol. The number of ether oxygens (including phenoxy) is 1. The van der Waals surface area contributed by atoms with E-state index in [9.17, 15) is 9.18 Å². The number of nitrogens with zero attached hydrogens (tertiary/aromatic N) is 2. The molecule has 2 aromatic carbocycles. The van der Waals surface area contributed by atoms with Crippen LogP contribution in [0.4, 0.5) is 20.0 Å². The lowest BCUT2D eigenvalue weighted by Gasteiger charge is -2.29. The molecule has 0 unspecified atom stereocenters. The van der Waals surface area contributed by atoms with Gasteiger partial charge in [-0.25, -0.2) is 14.2 Å². The minimum atomic E-state index is -0.371. The van der Waals surface area contributed by atoms with E-state index in [1.165, 1.54) is 35.2 Å². The third kappa shape index (κ3) is 3.52. The second kappa shape index (κ2) is 7.13. The third-order valence-electron chi connectivity index (χ3n) is 4.07. The lowest BCUT2D eigenvalue weighted by Crippen LogP contribution is -2.38. The van der Waals surface area contributed by atoms with E-state index in [-0.39, 0.29) is 11.8 Å². The number of carbonyl (C=O) groups excluding carboxylic acids is 1. The molecule has 2 heterocycles. The molecule has 0 atom stereocenters. The quantitative estimate of drug-likeness (QED) is 0.702. The van der Waals surface area contributed by atoms with Crippen LogP contribution in [0.5, 0.6) is 10.8 Å². The van der Waals surface area contributed by atoms with Crippen molar-refractivity contribution in [2.75, 3.05) is 16.8 Å². The zero-order valence-electron chi connectivity index (χ0n) is 13.8. The summed E-state index contributed by atoms with van der Waals surface area (Å²) in [6.45, 7) is 0.668. The average Bonchev–Trinajstić information content (AvgIpc) is 3.08. The largest absolute Gasteiger partial charge is 0.445 e. The predicted octanol–water partition coefficient (Wildman–Crippen LogP) is 5.06. The molecular weight excluding hydrogens is 353 g/mol. The number of halogens is 1. The Morgan fingerprint density at radius 2 is 2.12 bits per heavy atom. The summed E-state index contributed by atoms with van der Waals surface area (Å²) in [6, 6.07) is 13.6. The predicted molar refractivity (Wildman–Crippen MR) is 99.7 cm³/mol. The summed E-state index contributed by atoms with van der Waals surface area (Å²) in [7, 11) is 0. The van der Waals surface area contributed by atoms with E-state index in [2.05, 4.69) is 10.3 Å². The number of thiazole rings is 1. The molecule has 1 aliphatic rings. The smallest absolute Gasteiger partial charge is 0.328 e. The summed E-state index contributed by atoms with van der Waals surface area (Å²) in [6.07, 6.45) is 3.41. The zero-order chi connectivity index (χ0) is 17.9. The zero-order valence-corrected chi connectivity index (χ0v) is 14.6. The van der Waals surface area contributed by atoms with E-state index in [1.54, 1.807) is 17.0 Å². The van der Waals surface area contributed by atoms with Gasteiger partial charge in [0, 0.05) is 18.3 Å². The van der Waals surface area contributed by atoms with Gasteiger partial charge in [-0.15, -0.1) is 0 Å². The minimum Gasteiger partial charge on any atom is -0.445 e. The van der Waals surface area contributed by atoms with Gasteiger partial charge in [-0.1, -0.05) is 35.6 Å². The SMILES string of the molecule is O=C(Nc1ncc(Oc2cccc(F)c2)s1)N1CCCc2ccccc21. The van der Waals surface area contributed by atoms with E-state index in [1.807, 2.05) is 24.3 Å². The number of amides is 2. The summed E-state index contributed by atoms with van der Waals surface area (Å²) >= 11 is 1.19. The van der Waals surface area contributed by atoms with Gasteiger partial charge < -0.3 is 4.74 Å². The number of hydrogen-bond donors (Lipinski definition) is 1. The van der Waals surface area contributed by atoms with Crippen LogP contribution < -0.4 is 15.0 Å². The van der Waals surface area contributed by atoms with E-state index in [0.717, 1.165) is 18.5 Å². The topological polar surface area (TPSA) is 54.5 Å². The number of rotatable bonds is 3. The highest BCUT2D eigenvalue weighted by atomic mass is 32.1. The van der Waals surface area contributed by atoms with Gasteiger partial charge in [-0.05, 0) is 36.6 Å². The Labute approximate surface area is 154 Å². The van der Waals surface area contributed by atoms with Crippen molar-refractivity contribution in [3.63, 3.8) is 0 Å². The molecule has 3 aromatic rings. The van der Waals surface area contributed by atoms with Crippen LogP contribution in [0.3, 0.4) is 0 Å². The van der Waals surface area contributed by atoms with Gasteiger partial charge in [0.2, 0.25) is 5.06 Å². The molecule has 0 aliphatic carbocycles. The Morgan fingerprint density at radius 1 is 1.23 bits per heavy atom. The molecule has 0 saturated heterocycles. The summed E-state index contributed by atoms with van der Waals surface area (Å²) in [4.78, 5) is 18.5. The average molecular weight is 369 g/mol. The fraction of sp³-hybridized carbons (Fsp3) is 0.158. The second-order valence-corrected chi connectivity index (χ2v) is 6.85. The molecule has 5 nitrogen and oxygen atoms in total. The molecule has 1 aliphatic heterocycles. The number of fused-ring (bicyclic) bond motifs is 1. The number of para-hydroxylation sites is 1. The van der Waals surface area contributed by atoms with Gasteiger partial charge in [-0.3, -0.25) is 10.2 Å². The number of benzene rings is 2. The van der Waals surface area contributed by atoms with Crippen LogP contribution in [0.15, 0.2) is 54.7 Å². The number of aryl methyl sites for hydroxylation is 1. The number of carbonyl (C=O) groups is 1. The first-order valence-electron chi connectivity index (χ1n) is 8.25. The van der Waals surface area contributed by atoms with Crippen LogP contribution in [0.25, 0.3) is 0 Å². The molecule has 0 bridgehead atoms. The number of urea groups is 1. The van der Waals surface area contributed by atoms with E-state index >= 15 is 0 Å². The molecule has 7 heteroatoms. The maximum Gasteiger partial charge on any atom is 0.328 e. The van der Waals surface area contributed by atoms with Crippen molar-refractivity contribution in [3.05, 3.63) is 66.1 Å². The van der Waals surface area contributed by atoms with Crippen molar-refractivity contribution < 1.29 is 13.9 Å². The van der Waals surface area contributed by atoms with Crippen LogP contribution >= 0.6 is 11.3 Å². The van der Waals surface area contributed by atoms with Gasteiger partial charge in [0.15, 0.2) is 5.13 Å². The number of nitrogens with one attached hydrogen (secondary N) is 1. The molecular formula is C19H16FN3O2S. The molecule has 4 rings (SSSR count). The van der Waals surface area contributed by atoms with Crippen molar-refractivity contribution >= 4 is 28.2 Å². The standard InChI is InChI=1S/C19H16FN3O2S/c20-14-7-3-8-15(11-14)25-17-12-21-18(26-17)22-19(24)23-10-4-6-13-5-1-2-9-16(13)23/h1-3,5,7-9,11-12H,4,6,10H2,(H,21,22,24). The highest BCUT2D eigenvalue weighted by Gasteiger charge is 2.22. The van der Waals surface area contributed by atoms with Crippen LogP contribution in [-0.4, -0.2) is 17.6 Å². The van der Waals surface area contributed by atoms with E-state index in [4.69, 9.17) is 4.74 Å². The normalized spacial score (nSPS) is 13.2. The number of hydrogen-bond acceptors (Lipinski definition) is 4. The Bertz CT molecular complexity index is 944. The fourth-order valence-electron chi connectivity index (χ4n) is 2.91. The van der Waals surface area contributed by atoms with Crippen LogP contribution in [0.2, 0.25) is 0 Å². The van der Waals surface area contributed by atoms with Crippen molar-refractivity contribution in [2.24, 2.45) is 0 Å². The van der Waals surface area contributed by atoms with Gasteiger partial charge in [0.05, 0.1) is 6.20 Å². The fourth-order valence-corrected chi connectivity index (χ4v) is 3.59. The molecule has 1 N–H and O–H groups in total. The molecule has 0 spiro atoms. The Balaban J connectivity index is 1.45. The first-order chi connectivity index (χ1) is 12.7. The van der Waals surface area contributed by atoms with Gasteiger partial charge in [0.25, 0.3) is 0 Å². The number of aromatic nitrogens is 1. The van der Waals surface area contributed by atoms with E-state index in [0.29, 0.717) is 22.5 Å². The lowest BCUT2D eigenvalue weighted by atomic mass is 10.0. The third-order valence-corrected chi connectivity index (χ3v) is 4.86. The van der Waals surface area contributed by atoms with Crippen LogP contribution in [-0.2, 0) is 6.42 Å². The molecule has 1 aromatic heterocycles. The number of anilines is 2. The summed E-state index contributed by atoms with van der Waals surface area (Å²) in [5.74, 6) is 0.0146. The van der Waals surface area contributed by atoms with E-state index < -0.39 is 0 Å². The molecule has 0 fully saturated rings. The summed E-state index contributed by atoms with van der Waals surface area (Å²) in [5.41, 5.74) is 2.10. The van der Waals surface area contributed by atoms with Crippen molar-refractivity contribution in [2.45, 2.75) is 12.8 Å². The molecule has 132 valence electrons. The van der Waals surface area contributed by atoms with Crippen LogP contribution in [0, 0.1) is 5.82 Å². The molecule has 26 heavy (non-hydrogen) atoms. The van der Waals surface area contributed by atoms with Crippen molar-refractivity contribution in [1.29, 1.82) is 0 Å². The lowest BCUT2D eigenvalue weighted by molar-refractivity contribution is 0.256.